The Balaban J connectivity index is 2.81. The molecule has 100 valence electrons. The van der Waals surface area contributed by atoms with Gasteiger partial charge in [0.15, 0.2) is 6.61 Å². The Morgan fingerprint density at radius 2 is 2.11 bits per heavy atom. The van der Waals surface area contributed by atoms with Gasteiger partial charge in [0.05, 0.1) is 17.4 Å². The molecule has 0 atom stereocenters. The van der Waals surface area contributed by atoms with E-state index in [4.69, 9.17) is 11.5 Å². The van der Waals surface area contributed by atoms with Crippen molar-refractivity contribution in [3.63, 3.8) is 0 Å². The summed E-state index contributed by atoms with van der Waals surface area (Å²) < 4.78 is 53.2. The number of pyridine rings is 1. The van der Waals surface area contributed by atoms with Gasteiger partial charge >= 0.3 is 12.3 Å². The first kappa shape index (κ1) is 14.0. The molecule has 0 bridgehead atoms. The van der Waals surface area contributed by atoms with Crippen LogP contribution in [0.15, 0.2) is 12.3 Å². The maximum atomic E-state index is 12.6. The molecule has 9 heteroatoms. The SMILES string of the molecule is NC(=O)c1cc(OCC(F)(F)C(F)F)ncc1N. The topological polar surface area (TPSA) is 91.2 Å². The summed E-state index contributed by atoms with van der Waals surface area (Å²) in [6, 6.07) is 0.902. The number of nitrogens with zero attached hydrogens (tertiary/aromatic N) is 1. The fourth-order valence-electron chi connectivity index (χ4n) is 0.972. The second-order valence-corrected chi connectivity index (χ2v) is 3.32. The molecule has 0 aliphatic rings. The molecule has 1 aromatic heterocycles. The van der Waals surface area contributed by atoms with Crippen molar-refractivity contribution < 1.29 is 27.1 Å². The third kappa shape index (κ3) is 3.22. The van der Waals surface area contributed by atoms with E-state index in [9.17, 15) is 22.4 Å². The van der Waals surface area contributed by atoms with E-state index < -0.39 is 30.7 Å². The lowest BCUT2D eigenvalue weighted by atomic mass is 10.2. The van der Waals surface area contributed by atoms with Gasteiger partial charge in [-0.3, -0.25) is 4.79 Å². The van der Waals surface area contributed by atoms with Crippen LogP contribution < -0.4 is 16.2 Å². The predicted molar refractivity (Wildman–Crippen MR) is 53.6 cm³/mol. The van der Waals surface area contributed by atoms with Crippen molar-refractivity contribution in [3.05, 3.63) is 17.8 Å². The molecular weight excluding hydrogens is 258 g/mol. The number of carbonyl (C=O) groups is 1. The Kier molecular flexibility index (Phi) is 3.94. The minimum absolute atomic E-state index is 0.0736. The molecule has 0 saturated carbocycles. The Morgan fingerprint density at radius 3 is 2.61 bits per heavy atom. The Hall–Kier alpha value is -2.06. The summed E-state index contributed by atoms with van der Waals surface area (Å²) in [6.07, 6.45) is -2.91. The van der Waals surface area contributed by atoms with Gasteiger partial charge in [-0.2, -0.15) is 8.78 Å². The molecule has 1 aromatic rings. The minimum atomic E-state index is -4.31. The van der Waals surface area contributed by atoms with Crippen molar-refractivity contribution in [2.75, 3.05) is 12.3 Å². The Labute approximate surface area is 98.7 Å². The molecule has 0 aliphatic carbocycles. The number of amides is 1. The largest absolute Gasteiger partial charge is 0.471 e. The highest BCUT2D eigenvalue weighted by atomic mass is 19.3. The highest BCUT2D eigenvalue weighted by molar-refractivity contribution is 5.97. The number of aromatic nitrogens is 1. The summed E-state index contributed by atoms with van der Waals surface area (Å²) in [5.74, 6) is -5.67. The molecule has 5 nitrogen and oxygen atoms in total. The van der Waals surface area contributed by atoms with Crippen LogP contribution in [0.4, 0.5) is 23.2 Å². The van der Waals surface area contributed by atoms with Crippen LogP contribution in [0.1, 0.15) is 10.4 Å². The molecule has 0 saturated heterocycles. The Bertz CT molecular complexity index is 453. The molecule has 0 aromatic carbocycles. The third-order valence-corrected chi connectivity index (χ3v) is 1.91. The van der Waals surface area contributed by atoms with E-state index in [2.05, 4.69) is 9.72 Å². The zero-order chi connectivity index (χ0) is 13.9. The fraction of sp³-hybridized carbons (Fsp3) is 0.333. The molecule has 0 spiro atoms. The summed E-state index contributed by atoms with van der Waals surface area (Å²) in [5.41, 5.74) is 10.0. The number of alkyl halides is 4. The van der Waals surface area contributed by atoms with Crippen molar-refractivity contribution in [3.8, 4) is 5.88 Å². The van der Waals surface area contributed by atoms with Crippen LogP contribution in [0.5, 0.6) is 5.88 Å². The van der Waals surface area contributed by atoms with E-state index in [0.717, 1.165) is 12.3 Å². The zero-order valence-electron chi connectivity index (χ0n) is 8.87. The number of anilines is 1. The van der Waals surface area contributed by atoms with Crippen LogP contribution in [0.2, 0.25) is 0 Å². The van der Waals surface area contributed by atoms with Gasteiger partial charge in [-0.1, -0.05) is 0 Å². The van der Waals surface area contributed by atoms with Crippen molar-refractivity contribution in [1.82, 2.24) is 4.98 Å². The fourth-order valence-corrected chi connectivity index (χ4v) is 0.972. The summed E-state index contributed by atoms with van der Waals surface area (Å²) in [7, 11) is 0. The number of ether oxygens (including phenoxy) is 1. The number of hydrogen-bond acceptors (Lipinski definition) is 4. The van der Waals surface area contributed by atoms with E-state index in [1.165, 1.54) is 0 Å². The van der Waals surface area contributed by atoms with Crippen LogP contribution >= 0.6 is 0 Å². The van der Waals surface area contributed by atoms with E-state index in [1.54, 1.807) is 0 Å². The van der Waals surface area contributed by atoms with E-state index in [-0.39, 0.29) is 11.3 Å². The molecule has 4 N–H and O–H groups in total. The van der Waals surface area contributed by atoms with Crippen molar-refractivity contribution >= 4 is 11.6 Å². The number of primary amides is 1. The average Bonchev–Trinajstić information content (AvgIpc) is 2.27. The van der Waals surface area contributed by atoms with Gasteiger partial charge < -0.3 is 16.2 Å². The Morgan fingerprint density at radius 1 is 1.50 bits per heavy atom. The normalized spacial score (nSPS) is 11.6. The number of halogens is 4. The number of carbonyl (C=O) groups excluding carboxylic acids is 1. The van der Waals surface area contributed by atoms with Crippen LogP contribution in [0.3, 0.4) is 0 Å². The number of hydrogen-bond donors (Lipinski definition) is 2. The van der Waals surface area contributed by atoms with E-state index in [0.29, 0.717) is 0 Å². The number of rotatable bonds is 5. The van der Waals surface area contributed by atoms with E-state index in [1.807, 2.05) is 0 Å². The molecule has 1 heterocycles. The first-order valence-corrected chi connectivity index (χ1v) is 4.58. The van der Waals surface area contributed by atoms with Gasteiger partial charge in [0, 0.05) is 6.07 Å². The van der Waals surface area contributed by atoms with E-state index >= 15 is 0 Å². The summed E-state index contributed by atoms with van der Waals surface area (Å²) in [4.78, 5) is 14.3. The lowest BCUT2D eigenvalue weighted by Gasteiger charge is -2.15. The summed E-state index contributed by atoms with van der Waals surface area (Å²) in [6.45, 7) is -1.57. The smallest absolute Gasteiger partial charge is 0.340 e. The minimum Gasteiger partial charge on any atom is -0.471 e. The zero-order valence-corrected chi connectivity index (χ0v) is 8.87. The molecule has 18 heavy (non-hydrogen) atoms. The van der Waals surface area contributed by atoms with Crippen molar-refractivity contribution in [2.45, 2.75) is 12.3 Å². The third-order valence-electron chi connectivity index (χ3n) is 1.91. The molecule has 0 fully saturated rings. The molecule has 0 unspecified atom stereocenters. The van der Waals surface area contributed by atoms with Crippen LogP contribution in [-0.2, 0) is 0 Å². The summed E-state index contributed by atoms with van der Waals surface area (Å²) >= 11 is 0. The van der Waals surface area contributed by atoms with Crippen LogP contribution in [0.25, 0.3) is 0 Å². The number of nitrogen functional groups attached to an aromatic ring is 1. The molecule has 0 radical (unpaired) electrons. The van der Waals surface area contributed by atoms with Gasteiger partial charge in [0.25, 0.3) is 5.91 Å². The van der Waals surface area contributed by atoms with Crippen LogP contribution in [-0.4, -0.2) is 29.8 Å². The molecule has 1 amide bonds. The second kappa shape index (κ2) is 5.07. The predicted octanol–water partition coefficient (Wildman–Crippen LogP) is 1.04. The van der Waals surface area contributed by atoms with Gasteiger partial charge in [-0.25, -0.2) is 13.8 Å². The lowest BCUT2D eigenvalue weighted by Crippen LogP contribution is -2.34. The highest BCUT2D eigenvalue weighted by Gasteiger charge is 2.41. The van der Waals surface area contributed by atoms with Crippen molar-refractivity contribution in [1.29, 1.82) is 0 Å². The maximum Gasteiger partial charge on any atom is 0.340 e. The first-order valence-electron chi connectivity index (χ1n) is 4.58. The lowest BCUT2D eigenvalue weighted by molar-refractivity contribution is -0.148. The summed E-state index contributed by atoms with van der Waals surface area (Å²) in [5, 5.41) is 0. The highest BCUT2D eigenvalue weighted by Crippen LogP contribution is 2.24. The second-order valence-electron chi connectivity index (χ2n) is 3.32. The van der Waals surface area contributed by atoms with Gasteiger partial charge in [-0.15, -0.1) is 0 Å². The monoisotopic (exact) mass is 267 g/mol. The van der Waals surface area contributed by atoms with Gasteiger partial charge in [0.2, 0.25) is 5.88 Å². The van der Waals surface area contributed by atoms with Crippen LogP contribution in [0, 0.1) is 0 Å². The first-order chi connectivity index (χ1) is 8.24. The quantitative estimate of drug-likeness (QED) is 0.780. The molecular formula is C9H9F4N3O2. The average molecular weight is 267 g/mol. The van der Waals surface area contributed by atoms with Gasteiger partial charge in [-0.05, 0) is 0 Å². The molecule has 1 rings (SSSR count). The van der Waals surface area contributed by atoms with Gasteiger partial charge in [0.1, 0.15) is 0 Å². The maximum absolute atomic E-state index is 12.6. The van der Waals surface area contributed by atoms with Crippen molar-refractivity contribution in [2.24, 2.45) is 5.73 Å². The molecule has 0 aliphatic heterocycles. The standard InChI is InChI=1S/C9H9F4N3O2/c10-8(11)9(12,13)3-18-6-1-4(7(15)17)5(14)2-16-6/h1-2,8H,3,14H2,(H2,15,17). The number of nitrogens with two attached hydrogens (primary N) is 2.